The first-order chi connectivity index (χ1) is 8.97. The summed E-state index contributed by atoms with van der Waals surface area (Å²) in [7, 11) is 0. The number of phenolic OH excluding ortho intramolecular Hbond substituents is 1. The molecule has 3 aromatic carbocycles. The van der Waals surface area contributed by atoms with E-state index in [1.165, 1.54) is 0 Å². The van der Waals surface area contributed by atoms with Crippen LogP contribution in [0.4, 0.5) is 0 Å². The highest BCUT2D eigenvalue weighted by molar-refractivity contribution is 6.08. The maximum Gasteiger partial charge on any atom is 0.116 e. The summed E-state index contributed by atoms with van der Waals surface area (Å²) in [5.74, 6) is 0.269. The Morgan fingerprint density at radius 1 is 0.842 bits per heavy atom. The summed E-state index contributed by atoms with van der Waals surface area (Å²) in [6, 6.07) is 15.3. The Morgan fingerprint density at radius 3 is 2.32 bits per heavy atom. The van der Waals surface area contributed by atoms with Crippen molar-refractivity contribution in [3.8, 4) is 5.75 Å². The first-order valence-corrected chi connectivity index (χ1v) is 6.34. The normalized spacial score (nSPS) is 12.2. The Labute approximate surface area is 111 Å². The summed E-state index contributed by atoms with van der Waals surface area (Å²) >= 11 is 0. The molecule has 0 saturated heterocycles. The third-order valence-corrected chi connectivity index (χ3v) is 3.52. The highest BCUT2D eigenvalue weighted by Crippen LogP contribution is 2.33. The number of aliphatic hydroxyl groups is 1. The van der Waals surface area contributed by atoms with Gasteiger partial charge in [0.05, 0.1) is 5.60 Å². The zero-order valence-corrected chi connectivity index (χ0v) is 11.0. The molecule has 0 aliphatic carbocycles. The first-order valence-electron chi connectivity index (χ1n) is 6.34. The van der Waals surface area contributed by atoms with E-state index < -0.39 is 5.60 Å². The number of fused-ring (bicyclic) bond motifs is 3. The van der Waals surface area contributed by atoms with Crippen molar-refractivity contribution in [3.05, 3.63) is 54.1 Å². The fourth-order valence-corrected chi connectivity index (χ4v) is 2.62. The summed E-state index contributed by atoms with van der Waals surface area (Å²) in [6.45, 7) is 3.59. The van der Waals surface area contributed by atoms with E-state index in [9.17, 15) is 10.2 Å². The zero-order valence-electron chi connectivity index (χ0n) is 11.0. The molecule has 96 valence electrons. The Bertz CT molecular complexity index is 767. The van der Waals surface area contributed by atoms with Gasteiger partial charge in [-0.3, -0.25) is 0 Å². The SMILES string of the molecule is CC(C)(O)c1cccc2c1ccc1cc(O)ccc12. The minimum Gasteiger partial charge on any atom is -0.508 e. The molecule has 0 fully saturated rings. The lowest BCUT2D eigenvalue weighted by Crippen LogP contribution is -2.15. The van der Waals surface area contributed by atoms with Crippen molar-refractivity contribution >= 4 is 21.5 Å². The van der Waals surface area contributed by atoms with E-state index in [2.05, 4.69) is 0 Å². The van der Waals surface area contributed by atoms with Gasteiger partial charge in [0, 0.05) is 0 Å². The van der Waals surface area contributed by atoms with Gasteiger partial charge in [0.1, 0.15) is 5.75 Å². The summed E-state index contributed by atoms with van der Waals surface area (Å²) in [5.41, 5.74) is 0.0457. The third kappa shape index (κ3) is 1.94. The second-order valence-electron chi connectivity index (χ2n) is 5.43. The molecule has 19 heavy (non-hydrogen) atoms. The number of rotatable bonds is 1. The first kappa shape index (κ1) is 12.0. The average molecular weight is 252 g/mol. The number of phenols is 1. The Kier molecular flexibility index (Phi) is 2.51. The number of hydrogen-bond donors (Lipinski definition) is 2. The molecule has 0 aromatic heterocycles. The van der Waals surface area contributed by atoms with Crippen LogP contribution in [-0.4, -0.2) is 10.2 Å². The predicted octanol–water partition coefficient (Wildman–Crippen LogP) is 3.93. The summed E-state index contributed by atoms with van der Waals surface area (Å²) in [5, 5.41) is 24.0. The maximum absolute atomic E-state index is 10.3. The van der Waals surface area contributed by atoms with Crippen LogP contribution in [0.2, 0.25) is 0 Å². The van der Waals surface area contributed by atoms with Gasteiger partial charge in [-0.15, -0.1) is 0 Å². The van der Waals surface area contributed by atoms with Gasteiger partial charge >= 0.3 is 0 Å². The van der Waals surface area contributed by atoms with Crippen molar-refractivity contribution in [2.24, 2.45) is 0 Å². The molecule has 0 atom stereocenters. The lowest BCUT2D eigenvalue weighted by molar-refractivity contribution is 0.0802. The number of hydrogen-bond acceptors (Lipinski definition) is 2. The van der Waals surface area contributed by atoms with Crippen molar-refractivity contribution in [2.75, 3.05) is 0 Å². The van der Waals surface area contributed by atoms with Crippen LogP contribution in [0.25, 0.3) is 21.5 Å². The summed E-state index contributed by atoms with van der Waals surface area (Å²) in [6.07, 6.45) is 0. The molecular formula is C17H16O2. The zero-order chi connectivity index (χ0) is 13.6. The van der Waals surface area contributed by atoms with Crippen LogP contribution in [0.3, 0.4) is 0 Å². The van der Waals surface area contributed by atoms with E-state index in [1.54, 1.807) is 26.0 Å². The second-order valence-corrected chi connectivity index (χ2v) is 5.43. The summed E-state index contributed by atoms with van der Waals surface area (Å²) in [4.78, 5) is 0. The Morgan fingerprint density at radius 2 is 1.58 bits per heavy atom. The van der Waals surface area contributed by atoms with Crippen molar-refractivity contribution in [2.45, 2.75) is 19.4 Å². The molecule has 0 aliphatic heterocycles. The predicted molar refractivity (Wildman–Crippen MR) is 78.4 cm³/mol. The molecule has 0 radical (unpaired) electrons. The third-order valence-electron chi connectivity index (χ3n) is 3.52. The van der Waals surface area contributed by atoms with Gasteiger partial charge in [-0.25, -0.2) is 0 Å². The standard InChI is InChI=1S/C17H16O2/c1-17(2,19)16-5-3-4-14-13-9-7-12(18)10-11(13)6-8-15(14)16/h3-10,18-19H,1-2H3. The molecule has 2 nitrogen and oxygen atoms in total. The van der Waals surface area contributed by atoms with Crippen LogP contribution in [0.5, 0.6) is 5.75 Å². The molecule has 0 aliphatic rings. The molecular weight excluding hydrogens is 236 g/mol. The van der Waals surface area contributed by atoms with Crippen LogP contribution in [0, 0.1) is 0 Å². The van der Waals surface area contributed by atoms with E-state index in [1.807, 2.05) is 36.4 Å². The lowest BCUT2D eigenvalue weighted by Gasteiger charge is -2.20. The minimum absolute atomic E-state index is 0.269. The van der Waals surface area contributed by atoms with Crippen LogP contribution < -0.4 is 0 Å². The molecule has 2 heteroatoms. The van der Waals surface area contributed by atoms with Crippen molar-refractivity contribution in [1.82, 2.24) is 0 Å². The van der Waals surface area contributed by atoms with E-state index in [0.717, 1.165) is 27.1 Å². The van der Waals surface area contributed by atoms with Crippen LogP contribution in [0.15, 0.2) is 48.5 Å². The highest BCUT2D eigenvalue weighted by atomic mass is 16.3. The number of aromatic hydroxyl groups is 1. The molecule has 2 N–H and O–H groups in total. The molecule has 0 saturated carbocycles. The van der Waals surface area contributed by atoms with Gasteiger partial charge < -0.3 is 10.2 Å². The molecule has 0 bridgehead atoms. The fourth-order valence-electron chi connectivity index (χ4n) is 2.62. The van der Waals surface area contributed by atoms with Gasteiger partial charge in [0.2, 0.25) is 0 Å². The lowest BCUT2D eigenvalue weighted by atomic mass is 9.90. The highest BCUT2D eigenvalue weighted by Gasteiger charge is 2.19. The van der Waals surface area contributed by atoms with Crippen LogP contribution >= 0.6 is 0 Å². The molecule has 0 heterocycles. The van der Waals surface area contributed by atoms with E-state index in [-0.39, 0.29) is 5.75 Å². The van der Waals surface area contributed by atoms with Crippen LogP contribution in [-0.2, 0) is 5.60 Å². The van der Waals surface area contributed by atoms with Gasteiger partial charge in [-0.1, -0.05) is 36.4 Å². The fraction of sp³-hybridized carbons (Fsp3) is 0.176. The molecule has 0 unspecified atom stereocenters. The second kappa shape index (κ2) is 3.97. The molecule has 3 aromatic rings. The Balaban J connectivity index is 2.45. The van der Waals surface area contributed by atoms with E-state index in [4.69, 9.17) is 0 Å². The van der Waals surface area contributed by atoms with Crippen molar-refractivity contribution in [1.29, 1.82) is 0 Å². The largest absolute Gasteiger partial charge is 0.508 e. The topological polar surface area (TPSA) is 40.5 Å². The van der Waals surface area contributed by atoms with E-state index in [0.29, 0.717) is 0 Å². The molecule has 0 spiro atoms. The van der Waals surface area contributed by atoms with E-state index >= 15 is 0 Å². The quantitative estimate of drug-likeness (QED) is 0.644. The average Bonchev–Trinajstić information content (AvgIpc) is 2.36. The van der Waals surface area contributed by atoms with Crippen LogP contribution in [0.1, 0.15) is 19.4 Å². The maximum atomic E-state index is 10.3. The van der Waals surface area contributed by atoms with Crippen molar-refractivity contribution < 1.29 is 10.2 Å². The van der Waals surface area contributed by atoms with Gasteiger partial charge in [0.25, 0.3) is 0 Å². The summed E-state index contributed by atoms with van der Waals surface area (Å²) < 4.78 is 0. The number of benzene rings is 3. The van der Waals surface area contributed by atoms with Gasteiger partial charge in [-0.2, -0.15) is 0 Å². The van der Waals surface area contributed by atoms with Crippen molar-refractivity contribution in [3.63, 3.8) is 0 Å². The molecule has 3 rings (SSSR count). The van der Waals surface area contributed by atoms with Gasteiger partial charge in [0.15, 0.2) is 0 Å². The van der Waals surface area contributed by atoms with Gasteiger partial charge in [-0.05, 0) is 53.1 Å². The molecule has 0 amide bonds. The minimum atomic E-state index is -0.871. The smallest absolute Gasteiger partial charge is 0.116 e. The monoisotopic (exact) mass is 252 g/mol. The Hall–Kier alpha value is -2.06.